The Kier molecular flexibility index (Phi) is 8.26. The lowest BCUT2D eigenvalue weighted by Crippen LogP contribution is -2.39. The molecule has 1 amide bonds. The van der Waals surface area contributed by atoms with Gasteiger partial charge in [0.1, 0.15) is 5.82 Å². The smallest absolute Gasteiger partial charge is 0.234 e. The van der Waals surface area contributed by atoms with Gasteiger partial charge in [0.25, 0.3) is 0 Å². The average molecular weight is 620 g/mol. The fourth-order valence-electron chi connectivity index (χ4n) is 4.54. The maximum absolute atomic E-state index is 13.2. The van der Waals surface area contributed by atoms with Gasteiger partial charge in [-0.25, -0.2) is 0 Å². The number of nitriles is 1. The minimum atomic E-state index is -0.531. The number of aromatic nitrogens is 2. The Balaban J connectivity index is 1.39. The number of Topliss-reactive ketones (excluding diaryl/α,β-unsaturated/α-hetero) is 1. The van der Waals surface area contributed by atoms with Gasteiger partial charge < -0.3 is 11.1 Å². The highest BCUT2D eigenvalue weighted by Crippen LogP contribution is 2.44. The highest BCUT2D eigenvalue weighted by molar-refractivity contribution is 9.10. The molecule has 196 valence electrons. The average Bonchev–Trinajstić information content (AvgIpc) is 3.41. The highest BCUT2D eigenvalue weighted by atomic mass is 79.9. The second-order valence-corrected chi connectivity index (χ2v) is 11.8. The number of carbonyl (C=O) groups is 2. The lowest BCUT2D eigenvalue weighted by molar-refractivity contribution is -0.116. The zero-order valence-corrected chi connectivity index (χ0v) is 23.9. The topological polar surface area (TPSA) is 125 Å². The molecule has 3 N–H and O–H groups in total. The quantitative estimate of drug-likeness (QED) is 0.314. The number of benzene rings is 2. The van der Waals surface area contributed by atoms with Crippen molar-refractivity contribution >= 4 is 67.6 Å². The first-order valence-electron chi connectivity index (χ1n) is 12.2. The molecule has 2 aliphatic rings. The Labute approximate surface area is 242 Å². The fraction of sp³-hybridized carbons (Fsp3) is 0.179. The molecule has 0 fully saturated rings. The predicted octanol–water partition coefficient (Wildman–Crippen LogP) is 5.88. The summed E-state index contributed by atoms with van der Waals surface area (Å²) in [4.78, 5) is 27.4. The minimum absolute atomic E-state index is 0.00655. The fourth-order valence-corrected chi connectivity index (χ4v) is 6.60. The Morgan fingerprint density at radius 1 is 1.21 bits per heavy atom. The van der Waals surface area contributed by atoms with E-state index in [1.165, 1.54) is 23.1 Å². The third kappa shape index (κ3) is 5.83. The Hall–Kier alpha value is -3.72. The number of para-hydroxylation sites is 1. The van der Waals surface area contributed by atoms with Crippen molar-refractivity contribution in [2.24, 2.45) is 11.7 Å². The van der Waals surface area contributed by atoms with Crippen LogP contribution in [0.25, 0.3) is 6.08 Å². The molecule has 1 atom stereocenters. The molecule has 1 aliphatic heterocycles. The zero-order chi connectivity index (χ0) is 27.4. The molecule has 1 unspecified atom stereocenters. The molecule has 3 aromatic rings. The maximum Gasteiger partial charge on any atom is 0.234 e. The van der Waals surface area contributed by atoms with Crippen LogP contribution in [0.5, 0.6) is 0 Å². The molecule has 0 bridgehead atoms. The van der Waals surface area contributed by atoms with Crippen molar-refractivity contribution in [1.29, 1.82) is 5.26 Å². The van der Waals surface area contributed by atoms with Crippen molar-refractivity contribution in [1.82, 2.24) is 10.2 Å². The van der Waals surface area contributed by atoms with Gasteiger partial charge in [-0.05, 0) is 46.5 Å². The van der Waals surface area contributed by atoms with Crippen LogP contribution in [0.3, 0.4) is 0 Å². The van der Waals surface area contributed by atoms with Gasteiger partial charge in [-0.1, -0.05) is 77.7 Å². The molecule has 0 saturated heterocycles. The van der Waals surface area contributed by atoms with Gasteiger partial charge in [-0.15, -0.1) is 10.2 Å². The van der Waals surface area contributed by atoms with E-state index in [9.17, 15) is 14.9 Å². The van der Waals surface area contributed by atoms with Gasteiger partial charge in [0.05, 0.1) is 23.1 Å². The molecule has 2 heterocycles. The number of nitrogens with one attached hydrogen (secondary N) is 1. The first kappa shape index (κ1) is 26.9. The summed E-state index contributed by atoms with van der Waals surface area (Å²) in [5.74, 6) is -0.315. The first-order chi connectivity index (χ1) is 19.0. The number of ketones is 1. The molecule has 0 spiro atoms. The van der Waals surface area contributed by atoms with Crippen LogP contribution >= 0.6 is 39.0 Å². The molecule has 11 heteroatoms. The molecule has 2 aromatic carbocycles. The van der Waals surface area contributed by atoms with E-state index in [0.29, 0.717) is 45.6 Å². The van der Waals surface area contributed by atoms with Crippen molar-refractivity contribution in [3.05, 3.63) is 93.4 Å². The molecule has 39 heavy (non-hydrogen) atoms. The van der Waals surface area contributed by atoms with Crippen LogP contribution in [0.15, 0.2) is 92.1 Å². The number of halogens is 1. The largest absolute Gasteiger partial charge is 0.384 e. The molecular formula is C28H23BrN6O2S2. The number of rotatable bonds is 7. The number of hydrogen-bond donors (Lipinski definition) is 2. The van der Waals surface area contributed by atoms with Crippen LogP contribution in [0.2, 0.25) is 0 Å². The highest BCUT2D eigenvalue weighted by Gasteiger charge is 2.39. The summed E-state index contributed by atoms with van der Waals surface area (Å²) in [6, 6.07) is 19.3. The number of thioether (sulfide) groups is 1. The molecule has 5 rings (SSSR count). The van der Waals surface area contributed by atoms with Gasteiger partial charge in [0.2, 0.25) is 11.0 Å². The third-order valence-corrected chi connectivity index (χ3v) is 9.03. The number of nitrogens with two attached hydrogens (primary N) is 1. The monoisotopic (exact) mass is 618 g/mol. The third-order valence-electron chi connectivity index (χ3n) is 6.30. The number of carbonyl (C=O) groups excluding carboxylic acids is 2. The summed E-state index contributed by atoms with van der Waals surface area (Å²) in [6.07, 6.45) is 5.53. The Bertz CT molecular complexity index is 1560. The lowest BCUT2D eigenvalue weighted by atomic mass is 9.79. The molecule has 1 aliphatic carbocycles. The van der Waals surface area contributed by atoms with Crippen LogP contribution in [0, 0.1) is 17.2 Å². The van der Waals surface area contributed by atoms with Crippen molar-refractivity contribution in [2.75, 3.05) is 16.0 Å². The summed E-state index contributed by atoms with van der Waals surface area (Å²) in [6.45, 7) is 0. The van der Waals surface area contributed by atoms with Crippen molar-refractivity contribution < 1.29 is 9.59 Å². The first-order valence-corrected chi connectivity index (χ1v) is 14.8. The number of nitrogens with zero attached hydrogens (tertiary/aromatic N) is 4. The van der Waals surface area contributed by atoms with E-state index < -0.39 is 5.92 Å². The van der Waals surface area contributed by atoms with E-state index in [4.69, 9.17) is 5.73 Å². The number of amides is 1. The van der Waals surface area contributed by atoms with Crippen molar-refractivity contribution in [3.63, 3.8) is 0 Å². The van der Waals surface area contributed by atoms with Gasteiger partial charge >= 0.3 is 0 Å². The van der Waals surface area contributed by atoms with Gasteiger partial charge in [-0.3, -0.25) is 14.5 Å². The van der Waals surface area contributed by atoms with Crippen LogP contribution in [0.1, 0.15) is 24.8 Å². The zero-order valence-electron chi connectivity index (χ0n) is 20.6. The molecule has 8 nitrogen and oxygen atoms in total. The number of hydrogen-bond acceptors (Lipinski definition) is 9. The lowest BCUT2D eigenvalue weighted by Gasteiger charge is -2.37. The summed E-state index contributed by atoms with van der Waals surface area (Å²) in [7, 11) is 0. The Morgan fingerprint density at radius 3 is 2.74 bits per heavy atom. The molecular weight excluding hydrogens is 596 g/mol. The molecule has 1 aromatic heterocycles. The standard InChI is InChI=1S/C28H23BrN6O2S2/c29-20-9-4-5-10-21(20)32-24(37)16-38-28-34-33-27(39-28)35-22-11-6-12-23(36)25(22)18(19(15-30)26(35)31)14-13-17-7-2-1-3-8-17/h1-5,7-10,13-14,18H,6,11-12,16,31H2,(H,32,37)/b14-13+. The van der Waals surface area contributed by atoms with E-state index in [-0.39, 0.29) is 23.3 Å². The second-order valence-electron chi connectivity index (χ2n) is 8.80. The minimum Gasteiger partial charge on any atom is -0.384 e. The summed E-state index contributed by atoms with van der Waals surface area (Å²) < 4.78 is 1.37. The summed E-state index contributed by atoms with van der Waals surface area (Å²) in [5, 5.41) is 22.0. The summed E-state index contributed by atoms with van der Waals surface area (Å²) >= 11 is 5.95. The van der Waals surface area contributed by atoms with E-state index in [0.717, 1.165) is 15.7 Å². The van der Waals surface area contributed by atoms with Gasteiger partial charge in [-0.2, -0.15) is 5.26 Å². The van der Waals surface area contributed by atoms with E-state index in [1.807, 2.05) is 66.7 Å². The van der Waals surface area contributed by atoms with E-state index in [2.05, 4.69) is 37.5 Å². The van der Waals surface area contributed by atoms with E-state index in [1.54, 1.807) is 4.90 Å². The van der Waals surface area contributed by atoms with Gasteiger partial charge in [0, 0.05) is 28.1 Å². The number of anilines is 2. The summed E-state index contributed by atoms with van der Waals surface area (Å²) in [5.41, 5.74) is 9.87. The SMILES string of the molecule is N#CC1=C(N)N(c2nnc(SCC(=O)Nc3ccccc3Br)s2)C2=C(C(=O)CCC2)C1/C=C/c1ccccc1. The molecule has 0 saturated carbocycles. The van der Waals surface area contributed by atoms with Crippen LogP contribution in [-0.2, 0) is 9.59 Å². The van der Waals surface area contributed by atoms with Crippen LogP contribution in [0.4, 0.5) is 10.8 Å². The van der Waals surface area contributed by atoms with Crippen LogP contribution in [-0.4, -0.2) is 27.6 Å². The second kappa shape index (κ2) is 12.0. The van der Waals surface area contributed by atoms with Crippen molar-refractivity contribution in [3.8, 4) is 6.07 Å². The Morgan fingerprint density at radius 2 is 1.97 bits per heavy atom. The van der Waals surface area contributed by atoms with Gasteiger partial charge in [0.15, 0.2) is 10.1 Å². The predicted molar refractivity (Wildman–Crippen MR) is 158 cm³/mol. The van der Waals surface area contributed by atoms with Crippen LogP contribution < -0.4 is 16.0 Å². The van der Waals surface area contributed by atoms with E-state index >= 15 is 0 Å². The maximum atomic E-state index is 13.2. The molecule has 0 radical (unpaired) electrons. The van der Waals surface area contributed by atoms with Crippen molar-refractivity contribution in [2.45, 2.75) is 23.6 Å². The normalized spacial score (nSPS) is 17.4. The number of allylic oxidation sites excluding steroid dienone is 4.